The molecule has 3 nitrogen and oxygen atoms in total. The Labute approximate surface area is 87.8 Å². The van der Waals surface area contributed by atoms with E-state index in [2.05, 4.69) is 4.74 Å². The molecule has 0 aliphatic rings. The van der Waals surface area contributed by atoms with Crippen LogP contribution in [0.5, 0.6) is 5.75 Å². The lowest BCUT2D eigenvalue weighted by atomic mass is 10.3. The van der Waals surface area contributed by atoms with Crippen molar-refractivity contribution in [3.8, 4) is 5.75 Å². The number of hydrogen-bond acceptors (Lipinski definition) is 3. The predicted molar refractivity (Wildman–Crippen MR) is 46.1 cm³/mol. The van der Waals surface area contributed by atoms with Crippen molar-refractivity contribution in [1.82, 2.24) is 0 Å². The number of benzene rings is 1. The average Bonchev–Trinajstić information content (AvgIpc) is 2.05. The van der Waals surface area contributed by atoms with Crippen molar-refractivity contribution in [3.63, 3.8) is 0 Å². The van der Waals surface area contributed by atoms with E-state index in [0.717, 1.165) is 12.1 Å². The summed E-state index contributed by atoms with van der Waals surface area (Å²) >= 11 is 0. The smallest absolute Gasteiger partial charge is 0.387 e. The molecule has 1 rings (SSSR count). The highest BCUT2D eigenvalue weighted by molar-refractivity contribution is 8.13. The van der Waals surface area contributed by atoms with Gasteiger partial charge < -0.3 is 4.74 Å². The SMILES string of the molecule is O=S(=O)(Cl)c1ccc(OC(F)F)c(F)c1. The van der Waals surface area contributed by atoms with Gasteiger partial charge in [0, 0.05) is 10.7 Å². The molecule has 84 valence electrons. The van der Waals surface area contributed by atoms with E-state index in [-0.39, 0.29) is 0 Å². The molecule has 1 aromatic rings. The normalized spacial score (nSPS) is 11.8. The van der Waals surface area contributed by atoms with Crippen LogP contribution >= 0.6 is 10.7 Å². The molecule has 0 fully saturated rings. The number of rotatable bonds is 3. The van der Waals surface area contributed by atoms with Crippen LogP contribution in [0.4, 0.5) is 13.2 Å². The Hall–Kier alpha value is -0.950. The second-order valence-electron chi connectivity index (χ2n) is 2.41. The van der Waals surface area contributed by atoms with E-state index in [1.54, 1.807) is 0 Å². The first-order valence-electron chi connectivity index (χ1n) is 3.50. The molecule has 0 aliphatic heterocycles. The Morgan fingerprint density at radius 2 is 1.93 bits per heavy atom. The second-order valence-corrected chi connectivity index (χ2v) is 4.97. The fourth-order valence-corrected chi connectivity index (χ4v) is 1.59. The van der Waals surface area contributed by atoms with Crippen LogP contribution < -0.4 is 4.74 Å². The van der Waals surface area contributed by atoms with Crippen LogP contribution in [0.3, 0.4) is 0 Å². The third-order valence-electron chi connectivity index (χ3n) is 1.40. The Morgan fingerprint density at radius 3 is 2.33 bits per heavy atom. The van der Waals surface area contributed by atoms with Gasteiger partial charge in [-0.15, -0.1) is 0 Å². The van der Waals surface area contributed by atoms with Crippen LogP contribution in [0.1, 0.15) is 0 Å². The molecule has 0 radical (unpaired) electrons. The second kappa shape index (κ2) is 4.28. The average molecular weight is 261 g/mol. The number of halogens is 4. The first-order chi connectivity index (χ1) is 6.80. The van der Waals surface area contributed by atoms with Crippen molar-refractivity contribution in [1.29, 1.82) is 0 Å². The van der Waals surface area contributed by atoms with E-state index in [1.807, 2.05) is 0 Å². The molecule has 0 aromatic heterocycles. The number of alkyl halides is 2. The molecule has 0 saturated carbocycles. The molecule has 0 spiro atoms. The summed E-state index contributed by atoms with van der Waals surface area (Å²) in [5, 5.41) is 0. The first-order valence-corrected chi connectivity index (χ1v) is 5.80. The molecule has 1 aromatic carbocycles. The quantitative estimate of drug-likeness (QED) is 0.784. The molecule has 8 heteroatoms. The lowest BCUT2D eigenvalue weighted by Crippen LogP contribution is -2.04. The molecule has 0 unspecified atom stereocenters. The van der Waals surface area contributed by atoms with Crippen molar-refractivity contribution in [3.05, 3.63) is 24.0 Å². The standard InChI is InChI=1S/C7H4ClF3O3S/c8-15(12,13)4-1-2-6(5(9)3-4)14-7(10)11/h1-3,7H. The first kappa shape index (κ1) is 12.1. The van der Waals surface area contributed by atoms with Crippen LogP contribution in [-0.2, 0) is 9.05 Å². The fourth-order valence-electron chi connectivity index (χ4n) is 0.825. The van der Waals surface area contributed by atoms with E-state index < -0.39 is 32.1 Å². The highest BCUT2D eigenvalue weighted by Gasteiger charge is 2.15. The van der Waals surface area contributed by atoms with Gasteiger partial charge in [0.1, 0.15) is 0 Å². The Kier molecular flexibility index (Phi) is 3.46. The maximum absolute atomic E-state index is 13.0. The molecular formula is C7H4ClF3O3S. The molecular weight excluding hydrogens is 257 g/mol. The van der Waals surface area contributed by atoms with E-state index in [1.165, 1.54) is 0 Å². The van der Waals surface area contributed by atoms with Gasteiger partial charge in [0.25, 0.3) is 9.05 Å². The van der Waals surface area contributed by atoms with Crippen molar-refractivity contribution in [2.75, 3.05) is 0 Å². The highest BCUT2D eigenvalue weighted by Crippen LogP contribution is 2.24. The molecule has 0 amide bonds. The van der Waals surface area contributed by atoms with Gasteiger partial charge >= 0.3 is 6.61 Å². The minimum atomic E-state index is -4.08. The van der Waals surface area contributed by atoms with Crippen molar-refractivity contribution >= 4 is 19.7 Å². The Bertz CT molecular complexity index is 461. The van der Waals surface area contributed by atoms with Gasteiger partial charge in [-0.25, -0.2) is 12.8 Å². The summed E-state index contributed by atoms with van der Waals surface area (Å²) in [5.74, 6) is -1.97. The monoisotopic (exact) mass is 260 g/mol. The van der Waals surface area contributed by atoms with Crippen LogP contribution in [0.2, 0.25) is 0 Å². The summed E-state index contributed by atoms with van der Waals surface area (Å²) < 4.78 is 61.6. The summed E-state index contributed by atoms with van der Waals surface area (Å²) in [5.41, 5.74) is 0. The summed E-state index contributed by atoms with van der Waals surface area (Å²) in [4.78, 5) is -0.525. The number of hydrogen-bond donors (Lipinski definition) is 0. The maximum atomic E-state index is 13.0. The van der Waals surface area contributed by atoms with Gasteiger partial charge in [-0.2, -0.15) is 8.78 Å². The van der Waals surface area contributed by atoms with E-state index in [4.69, 9.17) is 10.7 Å². The van der Waals surface area contributed by atoms with Gasteiger partial charge in [0.2, 0.25) is 0 Å². The lowest BCUT2D eigenvalue weighted by Gasteiger charge is -2.05. The minimum Gasteiger partial charge on any atom is -0.432 e. The van der Waals surface area contributed by atoms with Crippen molar-refractivity contribution in [2.45, 2.75) is 11.5 Å². The highest BCUT2D eigenvalue weighted by atomic mass is 35.7. The third-order valence-corrected chi connectivity index (χ3v) is 2.75. The molecule has 0 atom stereocenters. The zero-order valence-electron chi connectivity index (χ0n) is 6.95. The third kappa shape index (κ3) is 3.28. The van der Waals surface area contributed by atoms with Gasteiger partial charge in [-0.05, 0) is 18.2 Å². The molecule has 15 heavy (non-hydrogen) atoms. The Balaban J connectivity index is 3.09. The van der Waals surface area contributed by atoms with Crippen LogP contribution in [0, 0.1) is 5.82 Å². The summed E-state index contributed by atoms with van der Waals surface area (Å²) in [7, 11) is 0.824. The summed E-state index contributed by atoms with van der Waals surface area (Å²) in [6.45, 7) is -3.18. The molecule has 0 aliphatic carbocycles. The largest absolute Gasteiger partial charge is 0.432 e. The predicted octanol–water partition coefficient (Wildman–Crippen LogP) is 2.35. The van der Waals surface area contributed by atoms with Crippen molar-refractivity contribution in [2.24, 2.45) is 0 Å². The van der Waals surface area contributed by atoms with E-state index >= 15 is 0 Å². The van der Waals surface area contributed by atoms with Gasteiger partial charge in [0.15, 0.2) is 11.6 Å². The maximum Gasteiger partial charge on any atom is 0.387 e. The van der Waals surface area contributed by atoms with E-state index in [0.29, 0.717) is 6.07 Å². The summed E-state index contributed by atoms with van der Waals surface area (Å²) in [6.07, 6.45) is 0. The van der Waals surface area contributed by atoms with Crippen molar-refractivity contribution < 1.29 is 26.3 Å². The fraction of sp³-hybridized carbons (Fsp3) is 0.143. The number of ether oxygens (including phenoxy) is 1. The molecule has 0 bridgehead atoms. The Morgan fingerprint density at radius 1 is 1.33 bits per heavy atom. The van der Waals surface area contributed by atoms with Gasteiger partial charge in [-0.1, -0.05) is 0 Å². The zero-order valence-corrected chi connectivity index (χ0v) is 8.53. The van der Waals surface area contributed by atoms with Crippen LogP contribution in [0.25, 0.3) is 0 Å². The topological polar surface area (TPSA) is 43.4 Å². The van der Waals surface area contributed by atoms with Crippen LogP contribution in [0.15, 0.2) is 23.1 Å². The van der Waals surface area contributed by atoms with Gasteiger partial charge in [-0.3, -0.25) is 0 Å². The molecule has 0 heterocycles. The van der Waals surface area contributed by atoms with Crippen LogP contribution in [-0.4, -0.2) is 15.0 Å². The molecule has 0 saturated heterocycles. The summed E-state index contributed by atoms with van der Waals surface area (Å²) in [6, 6.07) is 2.12. The van der Waals surface area contributed by atoms with Gasteiger partial charge in [0.05, 0.1) is 4.90 Å². The van der Waals surface area contributed by atoms with E-state index in [9.17, 15) is 21.6 Å². The minimum absolute atomic E-state index is 0.500. The zero-order chi connectivity index (χ0) is 11.6. The molecule has 0 N–H and O–H groups in total. The lowest BCUT2D eigenvalue weighted by molar-refractivity contribution is -0.0522.